The Kier molecular flexibility index (Phi) is 4.35. The van der Waals surface area contributed by atoms with Gasteiger partial charge in [0.1, 0.15) is 6.04 Å². The molecule has 0 aliphatic heterocycles. The lowest BCUT2D eigenvalue weighted by Gasteiger charge is -2.17. The number of nitrogens with one attached hydrogen (secondary N) is 1. The van der Waals surface area contributed by atoms with Crippen LogP contribution in [-0.4, -0.2) is 48.7 Å². The summed E-state index contributed by atoms with van der Waals surface area (Å²) in [5.74, 6) is -0.328. The highest BCUT2D eigenvalue weighted by Gasteiger charge is 2.35. The van der Waals surface area contributed by atoms with Crippen LogP contribution >= 0.6 is 0 Å². The molecule has 1 aliphatic rings. The quantitative estimate of drug-likeness (QED) is 0.624. The van der Waals surface area contributed by atoms with Gasteiger partial charge in [0.2, 0.25) is 0 Å². The van der Waals surface area contributed by atoms with Crippen molar-refractivity contribution < 1.29 is 9.90 Å². The molecule has 0 aromatic carbocycles. The number of hydrogen-bond acceptors (Lipinski definition) is 3. The van der Waals surface area contributed by atoms with Gasteiger partial charge >= 0.3 is 5.97 Å². The summed E-state index contributed by atoms with van der Waals surface area (Å²) in [6, 6.07) is -0.319. The molecule has 0 aromatic rings. The molecular formula is C10H20N2O2. The summed E-state index contributed by atoms with van der Waals surface area (Å²) in [7, 11) is 2.04. The molecule has 14 heavy (non-hydrogen) atoms. The zero-order valence-corrected chi connectivity index (χ0v) is 8.99. The van der Waals surface area contributed by atoms with E-state index in [1.54, 1.807) is 0 Å². The Morgan fingerprint density at radius 3 is 2.71 bits per heavy atom. The fourth-order valence-electron chi connectivity index (χ4n) is 1.45. The number of rotatable bonds is 7. The van der Waals surface area contributed by atoms with Crippen LogP contribution < -0.4 is 5.32 Å². The molecule has 4 nitrogen and oxygen atoms in total. The summed E-state index contributed by atoms with van der Waals surface area (Å²) < 4.78 is 0. The van der Waals surface area contributed by atoms with Gasteiger partial charge in [-0.25, -0.2) is 0 Å². The van der Waals surface area contributed by atoms with E-state index in [4.69, 9.17) is 5.11 Å². The van der Waals surface area contributed by atoms with Gasteiger partial charge in [-0.1, -0.05) is 6.92 Å². The first kappa shape index (κ1) is 11.5. The standard InChI is InChI=1S/C10H20N2O2/c1-3-12(2)7-6-11-9(10(13)14)8-4-5-8/h8-9,11H,3-7H2,1-2H3,(H,13,14). The summed E-state index contributed by atoms with van der Waals surface area (Å²) in [4.78, 5) is 13.0. The van der Waals surface area contributed by atoms with Gasteiger partial charge in [0, 0.05) is 13.1 Å². The van der Waals surface area contributed by atoms with Crippen molar-refractivity contribution in [2.75, 3.05) is 26.7 Å². The molecule has 0 radical (unpaired) electrons. The van der Waals surface area contributed by atoms with Crippen molar-refractivity contribution >= 4 is 5.97 Å². The number of carboxylic acids is 1. The minimum Gasteiger partial charge on any atom is -0.480 e. The molecule has 0 heterocycles. The van der Waals surface area contributed by atoms with Crippen molar-refractivity contribution in [3.63, 3.8) is 0 Å². The lowest BCUT2D eigenvalue weighted by Crippen LogP contribution is -2.42. The average Bonchev–Trinajstić information content (AvgIpc) is 2.94. The number of hydrogen-bond donors (Lipinski definition) is 2. The average molecular weight is 200 g/mol. The molecule has 2 N–H and O–H groups in total. The van der Waals surface area contributed by atoms with Crippen molar-refractivity contribution in [2.24, 2.45) is 5.92 Å². The Bertz CT molecular complexity index is 193. The molecule has 1 atom stereocenters. The van der Waals surface area contributed by atoms with Crippen LogP contribution in [0.2, 0.25) is 0 Å². The van der Waals surface area contributed by atoms with Crippen LogP contribution in [0.1, 0.15) is 19.8 Å². The minimum atomic E-state index is -0.702. The molecule has 1 unspecified atom stereocenters. The van der Waals surface area contributed by atoms with Crippen LogP contribution in [0, 0.1) is 5.92 Å². The van der Waals surface area contributed by atoms with Crippen molar-refractivity contribution in [3.05, 3.63) is 0 Å². The third-order valence-electron chi connectivity index (χ3n) is 2.76. The van der Waals surface area contributed by atoms with E-state index in [9.17, 15) is 4.79 Å². The first-order chi connectivity index (χ1) is 6.65. The number of likely N-dealkylation sites (N-methyl/N-ethyl adjacent to an activating group) is 1. The van der Waals surface area contributed by atoms with Crippen LogP contribution in [-0.2, 0) is 4.79 Å². The third kappa shape index (κ3) is 3.64. The fraction of sp³-hybridized carbons (Fsp3) is 0.900. The van der Waals surface area contributed by atoms with Gasteiger partial charge in [-0.3, -0.25) is 4.79 Å². The van der Waals surface area contributed by atoms with Crippen molar-refractivity contribution in [2.45, 2.75) is 25.8 Å². The second kappa shape index (κ2) is 5.32. The predicted molar refractivity (Wildman–Crippen MR) is 55.3 cm³/mol. The Morgan fingerprint density at radius 1 is 1.64 bits per heavy atom. The Morgan fingerprint density at radius 2 is 2.29 bits per heavy atom. The summed E-state index contributed by atoms with van der Waals surface area (Å²) >= 11 is 0. The number of aliphatic carboxylic acids is 1. The van der Waals surface area contributed by atoms with E-state index >= 15 is 0 Å². The molecule has 1 aliphatic carbocycles. The second-order valence-corrected chi connectivity index (χ2v) is 4.00. The van der Waals surface area contributed by atoms with E-state index in [1.165, 1.54) is 0 Å². The summed E-state index contributed by atoms with van der Waals surface area (Å²) in [6.45, 7) is 4.77. The smallest absolute Gasteiger partial charge is 0.320 e. The van der Waals surface area contributed by atoms with E-state index in [-0.39, 0.29) is 6.04 Å². The van der Waals surface area contributed by atoms with Gasteiger partial charge in [0.05, 0.1) is 0 Å². The largest absolute Gasteiger partial charge is 0.480 e. The van der Waals surface area contributed by atoms with Crippen LogP contribution in [0.3, 0.4) is 0 Å². The van der Waals surface area contributed by atoms with E-state index in [0.29, 0.717) is 5.92 Å². The van der Waals surface area contributed by atoms with E-state index in [0.717, 1.165) is 32.5 Å². The van der Waals surface area contributed by atoms with E-state index in [1.807, 2.05) is 7.05 Å². The number of nitrogens with zero attached hydrogens (tertiary/aromatic N) is 1. The normalized spacial score (nSPS) is 18.5. The molecular weight excluding hydrogens is 180 g/mol. The molecule has 82 valence electrons. The molecule has 0 bridgehead atoms. The fourth-order valence-corrected chi connectivity index (χ4v) is 1.45. The van der Waals surface area contributed by atoms with Gasteiger partial charge in [-0.05, 0) is 32.4 Å². The maximum Gasteiger partial charge on any atom is 0.320 e. The van der Waals surface area contributed by atoms with Crippen LogP contribution in [0.25, 0.3) is 0 Å². The van der Waals surface area contributed by atoms with Gasteiger partial charge in [-0.15, -0.1) is 0 Å². The molecule has 1 rings (SSSR count). The lowest BCUT2D eigenvalue weighted by molar-refractivity contribution is -0.140. The van der Waals surface area contributed by atoms with Gasteiger partial charge in [0.15, 0.2) is 0 Å². The molecule has 0 aromatic heterocycles. The molecule has 1 fully saturated rings. The van der Waals surface area contributed by atoms with Gasteiger partial charge < -0.3 is 15.3 Å². The first-order valence-electron chi connectivity index (χ1n) is 5.30. The monoisotopic (exact) mass is 200 g/mol. The lowest BCUT2D eigenvalue weighted by atomic mass is 10.2. The van der Waals surface area contributed by atoms with Crippen LogP contribution in [0.5, 0.6) is 0 Å². The predicted octanol–water partition coefficient (Wildman–Crippen LogP) is 0.391. The zero-order chi connectivity index (χ0) is 10.6. The maximum absolute atomic E-state index is 10.9. The zero-order valence-electron chi connectivity index (χ0n) is 8.99. The highest BCUT2D eigenvalue weighted by atomic mass is 16.4. The third-order valence-corrected chi connectivity index (χ3v) is 2.76. The van der Waals surface area contributed by atoms with Crippen molar-refractivity contribution in [1.29, 1.82) is 0 Å². The van der Waals surface area contributed by atoms with E-state index in [2.05, 4.69) is 17.1 Å². The molecule has 0 saturated heterocycles. The Balaban J connectivity index is 2.17. The SMILES string of the molecule is CCN(C)CCNC(C(=O)O)C1CC1. The van der Waals surface area contributed by atoms with Gasteiger partial charge in [0.25, 0.3) is 0 Å². The van der Waals surface area contributed by atoms with Crippen LogP contribution in [0.15, 0.2) is 0 Å². The summed E-state index contributed by atoms with van der Waals surface area (Å²) in [6.07, 6.45) is 2.13. The first-order valence-corrected chi connectivity index (χ1v) is 5.30. The van der Waals surface area contributed by atoms with Crippen molar-refractivity contribution in [1.82, 2.24) is 10.2 Å². The topological polar surface area (TPSA) is 52.6 Å². The second-order valence-electron chi connectivity index (χ2n) is 4.00. The number of carbonyl (C=O) groups is 1. The summed E-state index contributed by atoms with van der Waals surface area (Å²) in [5, 5.41) is 12.0. The van der Waals surface area contributed by atoms with Crippen LogP contribution in [0.4, 0.5) is 0 Å². The Labute approximate surface area is 85.3 Å². The highest BCUT2D eigenvalue weighted by Crippen LogP contribution is 2.32. The molecule has 1 saturated carbocycles. The van der Waals surface area contributed by atoms with Crippen molar-refractivity contribution in [3.8, 4) is 0 Å². The van der Waals surface area contributed by atoms with E-state index < -0.39 is 5.97 Å². The highest BCUT2D eigenvalue weighted by molar-refractivity contribution is 5.74. The molecule has 0 spiro atoms. The van der Waals surface area contributed by atoms with Gasteiger partial charge in [-0.2, -0.15) is 0 Å². The Hall–Kier alpha value is -0.610. The summed E-state index contributed by atoms with van der Waals surface area (Å²) in [5.41, 5.74) is 0. The minimum absolute atomic E-state index is 0.319. The maximum atomic E-state index is 10.9. The molecule has 0 amide bonds. The molecule has 4 heteroatoms. The number of carboxylic acid groups (broad SMARTS) is 1.